The Kier molecular flexibility index (Phi) is 5.52. The van der Waals surface area contributed by atoms with Gasteiger partial charge in [-0.05, 0) is 6.42 Å². The van der Waals surface area contributed by atoms with Crippen LogP contribution in [-0.2, 0) is 16.4 Å². The first-order valence-electron chi connectivity index (χ1n) is 7.17. The third kappa shape index (κ3) is 4.99. The maximum atomic E-state index is 11.7. The minimum absolute atomic E-state index is 0.196. The van der Waals surface area contributed by atoms with E-state index < -0.39 is 10.0 Å². The number of aromatic amines is 1. The number of nitrogens with zero attached hydrogens (tertiary/aromatic N) is 1. The van der Waals surface area contributed by atoms with E-state index in [9.17, 15) is 8.42 Å². The molecule has 2 rings (SSSR count). The molecule has 0 bridgehead atoms. The maximum Gasteiger partial charge on any atom is 0.211 e. The van der Waals surface area contributed by atoms with E-state index in [1.54, 1.807) is 6.20 Å². The molecule has 0 saturated heterocycles. The molecule has 1 aromatic heterocycles. The van der Waals surface area contributed by atoms with Crippen molar-refractivity contribution < 1.29 is 8.42 Å². The lowest BCUT2D eigenvalue weighted by molar-refractivity contribution is 0.578. The van der Waals surface area contributed by atoms with Crippen molar-refractivity contribution in [3.05, 3.63) is 42.2 Å². The smallest absolute Gasteiger partial charge is 0.211 e. The van der Waals surface area contributed by atoms with Gasteiger partial charge in [0.05, 0.1) is 5.75 Å². The highest BCUT2D eigenvalue weighted by molar-refractivity contribution is 7.89. The largest absolute Gasteiger partial charge is 0.342 e. The minimum Gasteiger partial charge on any atom is -0.342 e. The van der Waals surface area contributed by atoms with Crippen LogP contribution in [0.2, 0.25) is 0 Å². The number of imidazole rings is 1. The van der Waals surface area contributed by atoms with Gasteiger partial charge >= 0.3 is 0 Å². The topological polar surface area (TPSA) is 74.8 Å². The zero-order valence-corrected chi connectivity index (χ0v) is 13.0. The summed E-state index contributed by atoms with van der Waals surface area (Å²) in [7, 11) is -3.14. The Morgan fingerprint density at radius 3 is 2.71 bits per heavy atom. The molecule has 0 atom stereocenters. The van der Waals surface area contributed by atoms with Gasteiger partial charge in [-0.25, -0.2) is 18.1 Å². The van der Waals surface area contributed by atoms with Crippen molar-refractivity contribution in [1.29, 1.82) is 0 Å². The molecule has 2 aromatic rings. The first kappa shape index (κ1) is 15.7. The van der Waals surface area contributed by atoms with E-state index in [0.29, 0.717) is 19.4 Å². The molecule has 0 unspecified atom stereocenters. The number of H-pyrrole nitrogens is 1. The highest BCUT2D eigenvalue weighted by Crippen LogP contribution is 2.14. The quantitative estimate of drug-likeness (QED) is 0.786. The van der Waals surface area contributed by atoms with Crippen LogP contribution in [0.25, 0.3) is 11.4 Å². The second-order valence-corrected chi connectivity index (χ2v) is 6.87. The molecule has 0 aliphatic carbocycles. The minimum atomic E-state index is -3.14. The fraction of sp³-hybridized carbons (Fsp3) is 0.400. The molecule has 0 aliphatic rings. The van der Waals surface area contributed by atoms with Crippen molar-refractivity contribution in [2.24, 2.45) is 0 Å². The third-order valence-electron chi connectivity index (χ3n) is 3.16. The highest BCUT2D eigenvalue weighted by Gasteiger charge is 2.09. The van der Waals surface area contributed by atoms with Gasteiger partial charge in [-0.3, -0.25) is 0 Å². The van der Waals surface area contributed by atoms with E-state index in [0.717, 1.165) is 23.5 Å². The van der Waals surface area contributed by atoms with Crippen molar-refractivity contribution in [3.8, 4) is 11.4 Å². The van der Waals surface area contributed by atoms with Gasteiger partial charge in [0.2, 0.25) is 10.0 Å². The van der Waals surface area contributed by atoms with Crippen LogP contribution < -0.4 is 4.72 Å². The molecule has 0 spiro atoms. The second-order valence-electron chi connectivity index (χ2n) is 4.94. The second kappa shape index (κ2) is 7.38. The van der Waals surface area contributed by atoms with E-state index in [2.05, 4.69) is 14.7 Å². The third-order valence-corrected chi connectivity index (χ3v) is 4.63. The SMILES string of the molecule is CCCCS(=O)(=O)NCCc1cnc(-c2ccccc2)[nH]1. The van der Waals surface area contributed by atoms with Gasteiger partial charge in [0.25, 0.3) is 0 Å². The van der Waals surface area contributed by atoms with Gasteiger partial charge in [-0.2, -0.15) is 0 Å². The Labute approximate surface area is 125 Å². The molecule has 0 saturated carbocycles. The summed E-state index contributed by atoms with van der Waals surface area (Å²) in [6, 6.07) is 9.84. The van der Waals surface area contributed by atoms with Gasteiger partial charge in [-0.15, -0.1) is 0 Å². The van der Waals surface area contributed by atoms with Crippen LogP contribution in [0.4, 0.5) is 0 Å². The van der Waals surface area contributed by atoms with Crippen LogP contribution in [0.15, 0.2) is 36.5 Å². The van der Waals surface area contributed by atoms with Crippen LogP contribution in [0, 0.1) is 0 Å². The lowest BCUT2D eigenvalue weighted by Crippen LogP contribution is -2.28. The molecule has 21 heavy (non-hydrogen) atoms. The Hall–Kier alpha value is -1.66. The molecule has 5 nitrogen and oxygen atoms in total. The number of aromatic nitrogens is 2. The molecule has 0 radical (unpaired) electrons. The first-order chi connectivity index (χ1) is 10.1. The standard InChI is InChI=1S/C15H21N3O2S/c1-2-3-11-21(19,20)17-10-9-14-12-16-15(18-14)13-7-5-4-6-8-13/h4-8,12,17H,2-3,9-11H2,1H3,(H,16,18). The van der Waals surface area contributed by atoms with E-state index >= 15 is 0 Å². The van der Waals surface area contributed by atoms with Crippen LogP contribution >= 0.6 is 0 Å². The molecule has 0 amide bonds. The van der Waals surface area contributed by atoms with Gasteiger partial charge in [-0.1, -0.05) is 43.7 Å². The highest BCUT2D eigenvalue weighted by atomic mass is 32.2. The average Bonchev–Trinajstić information content (AvgIpc) is 2.95. The molecule has 0 aliphatic heterocycles. The lowest BCUT2D eigenvalue weighted by atomic mass is 10.2. The number of benzene rings is 1. The Morgan fingerprint density at radius 1 is 1.24 bits per heavy atom. The zero-order valence-electron chi connectivity index (χ0n) is 12.2. The Bertz CT molecular complexity index is 651. The van der Waals surface area contributed by atoms with Crippen molar-refractivity contribution in [2.75, 3.05) is 12.3 Å². The molecule has 0 fully saturated rings. The summed E-state index contributed by atoms with van der Waals surface area (Å²) in [4.78, 5) is 7.53. The summed E-state index contributed by atoms with van der Waals surface area (Å²) in [5.41, 5.74) is 1.94. The Balaban J connectivity index is 1.86. The summed E-state index contributed by atoms with van der Waals surface area (Å²) in [6.45, 7) is 2.37. The Morgan fingerprint density at radius 2 is 2.00 bits per heavy atom. The van der Waals surface area contributed by atoms with Gasteiger partial charge in [0.1, 0.15) is 5.82 Å². The summed E-state index contributed by atoms with van der Waals surface area (Å²) >= 11 is 0. The lowest BCUT2D eigenvalue weighted by Gasteiger charge is -2.04. The van der Waals surface area contributed by atoms with Crippen LogP contribution in [-0.4, -0.2) is 30.7 Å². The maximum absolute atomic E-state index is 11.7. The number of hydrogen-bond acceptors (Lipinski definition) is 3. The van der Waals surface area contributed by atoms with Crippen molar-refractivity contribution in [3.63, 3.8) is 0 Å². The van der Waals surface area contributed by atoms with Crippen molar-refractivity contribution in [2.45, 2.75) is 26.2 Å². The fourth-order valence-corrected chi connectivity index (χ4v) is 3.20. The molecular weight excluding hydrogens is 286 g/mol. The predicted molar refractivity (Wildman–Crippen MR) is 84.4 cm³/mol. The number of hydrogen-bond donors (Lipinski definition) is 2. The summed E-state index contributed by atoms with van der Waals surface area (Å²) in [6.07, 6.45) is 3.92. The summed E-state index contributed by atoms with van der Waals surface area (Å²) in [5, 5.41) is 0. The number of sulfonamides is 1. The van der Waals surface area contributed by atoms with Crippen molar-refractivity contribution >= 4 is 10.0 Å². The van der Waals surface area contributed by atoms with Gasteiger partial charge in [0, 0.05) is 30.4 Å². The van der Waals surface area contributed by atoms with Crippen LogP contribution in [0.3, 0.4) is 0 Å². The van der Waals surface area contributed by atoms with E-state index in [-0.39, 0.29) is 5.75 Å². The normalized spacial score (nSPS) is 11.7. The van der Waals surface area contributed by atoms with E-state index in [1.165, 1.54) is 0 Å². The van der Waals surface area contributed by atoms with Gasteiger partial charge in [0.15, 0.2) is 0 Å². The fourth-order valence-electron chi connectivity index (χ4n) is 1.98. The van der Waals surface area contributed by atoms with Crippen LogP contribution in [0.1, 0.15) is 25.5 Å². The molecule has 6 heteroatoms. The van der Waals surface area contributed by atoms with Crippen molar-refractivity contribution in [1.82, 2.24) is 14.7 Å². The van der Waals surface area contributed by atoms with Crippen LogP contribution in [0.5, 0.6) is 0 Å². The molecular formula is C15H21N3O2S. The molecule has 1 heterocycles. The monoisotopic (exact) mass is 307 g/mol. The molecule has 1 aromatic carbocycles. The average molecular weight is 307 g/mol. The van der Waals surface area contributed by atoms with E-state index in [1.807, 2.05) is 37.3 Å². The zero-order chi connectivity index (χ0) is 15.1. The molecule has 2 N–H and O–H groups in total. The number of nitrogens with one attached hydrogen (secondary N) is 2. The van der Waals surface area contributed by atoms with Gasteiger partial charge < -0.3 is 4.98 Å². The number of unbranched alkanes of at least 4 members (excludes halogenated alkanes) is 1. The summed E-state index contributed by atoms with van der Waals surface area (Å²) < 4.78 is 26.0. The number of rotatable bonds is 8. The predicted octanol–water partition coefficient (Wildman–Crippen LogP) is 2.34. The molecule has 114 valence electrons. The first-order valence-corrected chi connectivity index (χ1v) is 8.82. The van der Waals surface area contributed by atoms with E-state index in [4.69, 9.17) is 0 Å². The summed E-state index contributed by atoms with van der Waals surface area (Å²) in [5.74, 6) is 1.00.